The Labute approximate surface area is 126 Å². The van der Waals surface area contributed by atoms with Crippen LogP contribution in [0.3, 0.4) is 0 Å². The van der Waals surface area contributed by atoms with Crippen LogP contribution >= 0.6 is 11.8 Å². The topological polar surface area (TPSA) is 20.3 Å². The molecule has 1 aromatic rings. The van der Waals surface area contributed by atoms with Crippen LogP contribution in [0.2, 0.25) is 0 Å². The molecule has 1 aromatic carbocycles. The number of hydrogen-bond donors (Lipinski definition) is 0. The molecule has 0 amide bonds. The minimum absolute atomic E-state index is 0.0342. The van der Waals surface area contributed by atoms with Crippen molar-refractivity contribution in [3.8, 4) is 0 Å². The molecule has 21 heavy (non-hydrogen) atoms. The highest BCUT2D eigenvalue weighted by Gasteiger charge is 2.41. The zero-order valence-corrected chi connectivity index (χ0v) is 12.6. The van der Waals surface area contributed by atoms with Crippen LogP contribution in [0.5, 0.6) is 0 Å². The average Bonchev–Trinajstić information content (AvgIpc) is 2.47. The Bertz CT molecular complexity index is 479. The molecular weight excluding hydrogens is 299 g/mol. The molecule has 6 heteroatoms. The highest BCUT2D eigenvalue weighted by molar-refractivity contribution is 7.98. The first-order valence-electron chi connectivity index (χ1n) is 6.86. The second kappa shape index (κ2) is 6.83. The largest absolute Gasteiger partial charge is 0.391 e. The van der Waals surface area contributed by atoms with E-state index in [1.807, 2.05) is 23.3 Å². The second-order valence-electron chi connectivity index (χ2n) is 5.24. The third-order valence-electron chi connectivity index (χ3n) is 3.83. The number of benzene rings is 1. The average molecular weight is 317 g/mol. The van der Waals surface area contributed by atoms with Gasteiger partial charge in [0.1, 0.15) is 0 Å². The van der Waals surface area contributed by atoms with E-state index in [4.69, 9.17) is 0 Å². The summed E-state index contributed by atoms with van der Waals surface area (Å²) >= 11 is 1.60. The van der Waals surface area contributed by atoms with Gasteiger partial charge in [-0.05, 0) is 44.3 Å². The van der Waals surface area contributed by atoms with Crippen LogP contribution in [-0.4, -0.2) is 42.7 Å². The van der Waals surface area contributed by atoms with Gasteiger partial charge < -0.3 is 0 Å². The minimum Gasteiger partial charge on any atom is -0.296 e. The van der Waals surface area contributed by atoms with Crippen molar-refractivity contribution in [3.05, 3.63) is 29.8 Å². The predicted octanol–water partition coefficient (Wildman–Crippen LogP) is 3.87. The summed E-state index contributed by atoms with van der Waals surface area (Å²) < 4.78 is 37.7. The molecule has 1 fully saturated rings. The van der Waals surface area contributed by atoms with Crippen molar-refractivity contribution < 1.29 is 18.0 Å². The lowest BCUT2D eigenvalue weighted by atomic mass is 9.96. The summed E-state index contributed by atoms with van der Waals surface area (Å²) in [7, 11) is 0. The van der Waals surface area contributed by atoms with Crippen LogP contribution in [0.1, 0.15) is 23.2 Å². The van der Waals surface area contributed by atoms with Gasteiger partial charge in [-0.1, -0.05) is 12.1 Å². The number of halogens is 3. The molecule has 0 spiro atoms. The fourth-order valence-corrected chi connectivity index (χ4v) is 2.90. The van der Waals surface area contributed by atoms with Crippen molar-refractivity contribution >= 4 is 17.5 Å². The molecule has 2 rings (SSSR count). The molecule has 0 saturated carbocycles. The maximum Gasteiger partial charge on any atom is 0.391 e. The van der Waals surface area contributed by atoms with Gasteiger partial charge in [0.05, 0.1) is 12.5 Å². The smallest absolute Gasteiger partial charge is 0.296 e. The number of carbonyl (C=O) groups is 1. The quantitative estimate of drug-likeness (QED) is 0.621. The maximum atomic E-state index is 12.6. The molecule has 1 saturated heterocycles. The van der Waals surface area contributed by atoms with Gasteiger partial charge in [0.15, 0.2) is 5.78 Å². The van der Waals surface area contributed by atoms with Crippen LogP contribution in [-0.2, 0) is 0 Å². The summed E-state index contributed by atoms with van der Waals surface area (Å²) in [5.41, 5.74) is 0.616. The van der Waals surface area contributed by atoms with Gasteiger partial charge in [-0.25, -0.2) is 0 Å². The van der Waals surface area contributed by atoms with Crippen molar-refractivity contribution in [2.24, 2.45) is 5.92 Å². The number of hydrogen-bond acceptors (Lipinski definition) is 3. The number of nitrogens with zero attached hydrogens (tertiary/aromatic N) is 1. The SMILES string of the molecule is CSc1ccc(C(=O)CN2CCC(C(F)(F)F)CC2)cc1. The molecule has 2 nitrogen and oxygen atoms in total. The van der Waals surface area contributed by atoms with E-state index in [-0.39, 0.29) is 25.2 Å². The monoisotopic (exact) mass is 317 g/mol. The van der Waals surface area contributed by atoms with E-state index in [0.29, 0.717) is 18.7 Å². The Kier molecular flexibility index (Phi) is 5.32. The number of rotatable bonds is 4. The Balaban J connectivity index is 1.86. The number of likely N-dealkylation sites (tertiary alicyclic amines) is 1. The summed E-state index contributed by atoms with van der Waals surface area (Å²) in [5.74, 6) is -1.25. The van der Waals surface area contributed by atoms with Crippen molar-refractivity contribution in [3.63, 3.8) is 0 Å². The van der Waals surface area contributed by atoms with Gasteiger partial charge in [-0.3, -0.25) is 9.69 Å². The van der Waals surface area contributed by atoms with Crippen LogP contribution in [0.15, 0.2) is 29.2 Å². The van der Waals surface area contributed by atoms with Crippen LogP contribution in [0, 0.1) is 5.92 Å². The van der Waals surface area contributed by atoms with Crippen molar-refractivity contribution in [2.45, 2.75) is 23.9 Å². The molecule has 1 heterocycles. The van der Waals surface area contributed by atoms with Gasteiger partial charge in [0.25, 0.3) is 0 Å². The van der Waals surface area contributed by atoms with Crippen LogP contribution in [0.25, 0.3) is 0 Å². The highest BCUT2D eigenvalue weighted by Crippen LogP contribution is 2.34. The van der Waals surface area contributed by atoms with Gasteiger partial charge in [0, 0.05) is 10.5 Å². The number of ketones is 1. The standard InChI is InChI=1S/C15H18F3NOS/c1-21-13-4-2-11(3-5-13)14(20)10-19-8-6-12(7-9-19)15(16,17)18/h2-5,12H,6-10H2,1H3. The number of piperidine rings is 1. The van der Waals surface area contributed by atoms with Gasteiger partial charge in [-0.2, -0.15) is 13.2 Å². The molecular formula is C15H18F3NOS. The molecule has 0 aliphatic carbocycles. The lowest BCUT2D eigenvalue weighted by Gasteiger charge is -2.32. The van der Waals surface area contributed by atoms with E-state index in [1.54, 1.807) is 23.9 Å². The van der Waals surface area contributed by atoms with E-state index in [0.717, 1.165) is 4.90 Å². The van der Waals surface area contributed by atoms with Gasteiger partial charge in [0.2, 0.25) is 0 Å². The van der Waals surface area contributed by atoms with E-state index in [9.17, 15) is 18.0 Å². The Morgan fingerprint density at radius 3 is 2.29 bits per heavy atom. The first-order chi connectivity index (χ1) is 9.90. The predicted molar refractivity (Wildman–Crippen MR) is 77.8 cm³/mol. The summed E-state index contributed by atoms with van der Waals surface area (Å²) in [5, 5.41) is 0. The van der Waals surface area contributed by atoms with Crippen molar-refractivity contribution in [1.82, 2.24) is 4.90 Å². The summed E-state index contributed by atoms with van der Waals surface area (Å²) in [6, 6.07) is 7.31. The molecule has 1 aliphatic rings. The first kappa shape index (κ1) is 16.4. The number of alkyl halides is 3. The molecule has 0 bridgehead atoms. The molecule has 1 aliphatic heterocycles. The van der Waals surface area contributed by atoms with Crippen LogP contribution < -0.4 is 0 Å². The summed E-state index contributed by atoms with van der Waals surface area (Å²) in [6.45, 7) is 0.862. The molecule has 0 atom stereocenters. The van der Waals surface area contributed by atoms with Crippen molar-refractivity contribution in [2.75, 3.05) is 25.9 Å². The first-order valence-corrected chi connectivity index (χ1v) is 8.09. The lowest BCUT2D eigenvalue weighted by Crippen LogP contribution is -2.41. The fourth-order valence-electron chi connectivity index (χ4n) is 2.49. The van der Waals surface area contributed by atoms with E-state index >= 15 is 0 Å². The zero-order chi connectivity index (χ0) is 15.5. The molecule has 0 radical (unpaired) electrons. The van der Waals surface area contributed by atoms with E-state index in [1.165, 1.54) is 0 Å². The third kappa shape index (κ3) is 4.48. The van der Waals surface area contributed by atoms with E-state index < -0.39 is 12.1 Å². The normalized spacial score (nSPS) is 17.9. The highest BCUT2D eigenvalue weighted by atomic mass is 32.2. The lowest BCUT2D eigenvalue weighted by molar-refractivity contribution is -0.184. The molecule has 0 unspecified atom stereocenters. The zero-order valence-electron chi connectivity index (χ0n) is 11.8. The maximum absolute atomic E-state index is 12.6. The fraction of sp³-hybridized carbons (Fsp3) is 0.533. The van der Waals surface area contributed by atoms with Crippen molar-refractivity contribution in [1.29, 1.82) is 0 Å². The van der Waals surface area contributed by atoms with Crippen LogP contribution in [0.4, 0.5) is 13.2 Å². The molecule has 116 valence electrons. The summed E-state index contributed by atoms with van der Waals surface area (Å²) in [6.07, 6.45) is -1.98. The Morgan fingerprint density at radius 2 is 1.81 bits per heavy atom. The minimum atomic E-state index is -4.11. The van der Waals surface area contributed by atoms with E-state index in [2.05, 4.69) is 0 Å². The number of carbonyl (C=O) groups excluding carboxylic acids is 1. The molecule has 0 aromatic heterocycles. The number of thioether (sulfide) groups is 1. The van der Waals surface area contributed by atoms with Gasteiger partial charge >= 0.3 is 6.18 Å². The second-order valence-corrected chi connectivity index (χ2v) is 6.12. The number of Topliss-reactive ketones (excluding diaryl/α,β-unsaturated/α-hetero) is 1. The Morgan fingerprint density at radius 1 is 1.24 bits per heavy atom. The van der Waals surface area contributed by atoms with Gasteiger partial charge in [-0.15, -0.1) is 11.8 Å². The molecule has 0 N–H and O–H groups in total. The Hall–Kier alpha value is -1.01. The summed E-state index contributed by atoms with van der Waals surface area (Å²) in [4.78, 5) is 15.0. The third-order valence-corrected chi connectivity index (χ3v) is 4.57.